The van der Waals surface area contributed by atoms with E-state index in [9.17, 15) is 14.7 Å². The van der Waals surface area contributed by atoms with E-state index in [1.54, 1.807) is 42.8 Å². The number of nitrogens with one attached hydrogen (secondary N) is 1. The number of aryl methyl sites for hydroxylation is 1. The summed E-state index contributed by atoms with van der Waals surface area (Å²) in [6, 6.07) is 11.8. The molecule has 2 fully saturated rings. The van der Waals surface area contributed by atoms with Gasteiger partial charge in [0, 0.05) is 30.3 Å². The first-order valence-corrected chi connectivity index (χ1v) is 12.3. The molecule has 1 N–H and O–H groups in total. The van der Waals surface area contributed by atoms with Crippen molar-refractivity contribution in [3.63, 3.8) is 0 Å². The quantitative estimate of drug-likeness (QED) is 0.288. The topological polar surface area (TPSA) is 101 Å². The predicted octanol–water partition coefficient (Wildman–Crippen LogP) is 0.181. The van der Waals surface area contributed by atoms with Crippen LogP contribution in [0.4, 0.5) is 0 Å². The number of amides is 1. The van der Waals surface area contributed by atoms with Crippen LogP contribution < -0.4 is 14.7 Å². The fourth-order valence-electron chi connectivity index (χ4n) is 5.24. The lowest BCUT2D eigenvalue weighted by Gasteiger charge is -2.29. The van der Waals surface area contributed by atoms with Gasteiger partial charge in [-0.2, -0.15) is 0 Å². The van der Waals surface area contributed by atoms with Crippen molar-refractivity contribution in [2.24, 2.45) is 0 Å². The molecule has 2 aliphatic rings. The number of carbonyl (C=O) groups is 2. The molecule has 3 aromatic rings. The van der Waals surface area contributed by atoms with Gasteiger partial charge in [0.2, 0.25) is 5.78 Å². The highest BCUT2D eigenvalue weighted by Gasteiger charge is 2.45. The Bertz CT molecular complexity index is 1320. The van der Waals surface area contributed by atoms with Gasteiger partial charge < -0.3 is 28.8 Å². The zero-order chi connectivity index (χ0) is 25.2. The second kappa shape index (κ2) is 10.1. The van der Waals surface area contributed by atoms with Crippen LogP contribution in [0, 0.1) is 6.92 Å². The van der Waals surface area contributed by atoms with Crippen molar-refractivity contribution < 1.29 is 29.1 Å². The van der Waals surface area contributed by atoms with E-state index in [-0.39, 0.29) is 5.57 Å². The average molecular weight is 491 g/mol. The van der Waals surface area contributed by atoms with E-state index < -0.39 is 23.5 Å². The van der Waals surface area contributed by atoms with Crippen molar-refractivity contribution in [1.82, 2.24) is 14.3 Å². The number of hydrogen-bond acceptors (Lipinski definition) is 6. The molecule has 2 saturated heterocycles. The van der Waals surface area contributed by atoms with Crippen LogP contribution in [0.1, 0.15) is 29.4 Å². The molecule has 4 heterocycles. The molecule has 2 aromatic heterocycles. The summed E-state index contributed by atoms with van der Waals surface area (Å²) in [6.45, 7) is 6.26. The third kappa shape index (κ3) is 4.25. The third-order valence-corrected chi connectivity index (χ3v) is 7.01. The van der Waals surface area contributed by atoms with Crippen molar-refractivity contribution >= 4 is 23.1 Å². The first-order chi connectivity index (χ1) is 17.5. The fraction of sp³-hybridized carbons (Fsp3) is 0.370. The highest BCUT2D eigenvalue weighted by atomic mass is 16.5. The third-order valence-electron chi connectivity index (χ3n) is 7.01. The van der Waals surface area contributed by atoms with E-state index in [1.807, 2.05) is 24.3 Å². The molecule has 9 nitrogen and oxygen atoms in total. The maximum atomic E-state index is 14.0. The van der Waals surface area contributed by atoms with Crippen molar-refractivity contribution in [1.29, 1.82) is 0 Å². The molecule has 9 heteroatoms. The molecule has 1 aromatic carbocycles. The minimum atomic E-state index is -0.831. The van der Waals surface area contributed by atoms with Crippen LogP contribution in [-0.2, 0) is 14.3 Å². The van der Waals surface area contributed by atoms with Crippen molar-refractivity contribution in [3.05, 3.63) is 71.2 Å². The molecule has 0 spiro atoms. The Morgan fingerprint density at radius 2 is 1.92 bits per heavy atom. The summed E-state index contributed by atoms with van der Waals surface area (Å²) in [4.78, 5) is 34.2. The van der Waals surface area contributed by atoms with Crippen molar-refractivity contribution in [2.45, 2.75) is 19.4 Å². The van der Waals surface area contributed by atoms with Gasteiger partial charge in [0.25, 0.3) is 5.91 Å². The fourth-order valence-corrected chi connectivity index (χ4v) is 5.24. The Morgan fingerprint density at radius 1 is 1.17 bits per heavy atom. The summed E-state index contributed by atoms with van der Waals surface area (Å²) in [5.41, 5.74) is 1.97. The number of pyridine rings is 1. The van der Waals surface area contributed by atoms with Gasteiger partial charge in [-0.3, -0.25) is 9.59 Å². The summed E-state index contributed by atoms with van der Waals surface area (Å²) in [5, 5.41) is 14.0. The molecule has 0 bridgehead atoms. The number of ether oxygens (including phenoxy) is 2. The lowest BCUT2D eigenvalue weighted by atomic mass is 9.95. The summed E-state index contributed by atoms with van der Waals surface area (Å²) >= 11 is 0. The number of Topliss-reactive ketones (excluding diaryl/α,β-unsaturated/α-hetero) is 1. The van der Waals surface area contributed by atoms with E-state index in [1.165, 1.54) is 9.80 Å². The number of rotatable bonds is 7. The smallest absolute Gasteiger partial charge is 0.295 e. The van der Waals surface area contributed by atoms with E-state index in [0.29, 0.717) is 41.3 Å². The number of para-hydroxylation sites is 1. The monoisotopic (exact) mass is 490 g/mol. The van der Waals surface area contributed by atoms with Crippen molar-refractivity contribution in [3.8, 4) is 5.75 Å². The van der Waals surface area contributed by atoms with Gasteiger partial charge in [-0.15, -0.1) is 0 Å². The number of imidazole rings is 1. The van der Waals surface area contributed by atoms with Gasteiger partial charge in [-0.25, -0.2) is 4.98 Å². The van der Waals surface area contributed by atoms with Crippen LogP contribution in [0.2, 0.25) is 0 Å². The van der Waals surface area contributed by atoms with Crippen LogP contribution in [0.3, 0.4) is 0 Å². The van der Waals surface area contributed by atoms with E-state index >= 15 is 0 Å². The number of quaternary nitrogens is 1. The summed E-state index contributed by atoms with van der Waals surface area (Å²) < 4.78 is 12.7. The first kappa shape index (κ1) is 24.0. The Kier molecular flexibility index (Phi) is 6.75. The molecule has 188 valence electrons. The van der Waals surface area contributed by atoms with Gasteiger partial charge in [-0.05, 0) is 25.1 Å². The lowest BCUT2D eigenvalue weighted by Crippen LogP contribution is -3.14. The maximum absolute atomic E-state index is 14.0. The van der Waals surface area contributed by atoms with Gasteiger partial charge >= 0.3 is 0 Å². The largest absolute Gasteiger partial charge is 0.871 e. The number of nitrogens with zero attached hydrogens (tertiary/aromatic N) is 3. The normalized spacial score (nSPS) is 20.4. The number of aromatic nitrogens is 2. The minimum Gasteiger partial charge on any atom is -0.871 e. The Labute approximate surface area is 209 Å². The van der Waals surface area contributed by atoms with E-state index in [2.05, 4.69) is 4.98 Å². The highest BCUT2D eigenvalue weighted by Crippen LogP contribution is 2.42. The van der Waals surface area contributed by atoms with Gasteiger partial charge in [0.15, 0.2) is 0 Å². The van der Waals surface area contributed by atoms with E-state index in [4.69, 9.17) is 9.47 Å². The molecule has 1 atom stereocenters. The zero-order valence-corrected chi connectivity index (χ0v) is 20.5. The van der Waals surface area contributed by atoms with Gasteiger partial charge in [0.1, 0.15) is 24.5 Å². The van der Waals surface area contributed by atoms with Gasteiger partial charge in [-0.1, -0.05) is 30.0 Å². The van der Waals surface area contributed by atoms with Crippen LogP contribution in [0.5, 0.6) is 5.75 Å². The Morgan fingerprint density at radius 3 is 2.69 bits per heavy atom. The summed E-state index contributed by atoms with van der Waals surface area (Å²) in [5.74, 6) is -1.38. The van der Waals surface area contributed by atoms with Crippen LogP contribution >= 0.6 is 0 Å². The molecule has 0 aliphatic carbocycles. The molecular formula is C27H30N4O5. The van der Waals surface area contributed by atoms with Crippen LogP contribution in [0.25, 0.3) is 11.4 Å². The molecule has 1 amide bonds. The first-order valence-electron chi connectivity index (χ1n) is 12.3. The standard InChI is InChI=1S/C27H30N4O5/c1-18-23(30-12-6-5-10-21(30)28-18)25(32)22-24(19-8-3-4-9-20(19)35-2)31(27(34)26(22)33)13-7-11-29-14-16-36-17-15-29/h3-6,8-10,12,24,32H,7,11,13-17H2,1-2H3/b25-22+. The Balaban J connectivity index is 1.58. The molecule has 5 rings (SSSR count). The molecule has 1 unspecified atom stereocenters. The zero-order valence-electron chi connectivity index (χ0n) is 20.5. The minimum absolute atomic E-state index is 0.0584. The second-order valence-electron chi connectivity index (χ2n) is 9.16. The van der Waals surface area contributed by atoms with Gasteiger partial charge in [0.05, 0.1) is 44.3 Å². The lowest BCUT2D eigenvalue weighted by molar-refractivity contribution is -0.908. The summed E-state index contributed by atoms with van der Waals surface area (Å²) in [7, 11) is 1.54. The van der Waals surface area contributed by atoms with Crippen LogP contribution in [-0.4, -0.2) is 72.5 Å². The SMILES string of the molecule is COc1ccccc1C1/C(=C(\[O-])c2c(C)nc3ccccn23)C(=O)C(=O)N1CCC[NH+]1CCOCC1. The van der Waals surface area contributed by atoms with E-state index in [0.717, 1.165) is 32.8 Å². The summed E-state index contributed by atoms with van der Waals surface area (Å²) in [6.07, 6.45) is 2.45. The highest BCUT2D eigenvalue weighted by molar-refractivity contribution is 6.46. The maximum Gasteiger partial charge on any atom is 0.295 e. The number of ketones is 1. The predicted molar refractivity (Wildman–Crippen MR) is 130 cm³/mol. The molecule has 0 radical (unpaired) electrons. The molecule has 2 aliphatic heterocycles. The number of morpholine rings is 1. The molecule has 36 heavy (non-hydrogen) atoms. The molecular weight excluding hydrogens is 460 g/mol. The number of likely N-dealkylation sites (tertiary alicyclic amines) is 1. The number of carbonyl (C=O) groups excluding carboxylic acids is 2. The number of methoxy groups -OCH3 is 1. The number of hydrogen-bond donors (Lipinski definition) is 1. The average Bonchev–Trinajstić information content (AvgIpc) is 3.37. The second-order valence-corrected chi connectivity index (χ2v) is 9.16. The van der Waals surface area contributed by atoms with Crippen molar-refractivity contribution in [2.75, 3.05) is 46.5 Å². The number of fused-ring (bicyclic) bond motifs is 1. The number of benzene rings is 1. The Hall–Kier alpha value is -3.69. The molecule has 0 saturated carbocycles. The van der Waals surface area contributed by atoms with Crippen LogP contribution in [0.15, 0.2) is 54.2 Å².